The minimum Gasteiger partial charge on any atom is -0.490 e. The summed E-state index contributed by atoms with van der Waals surface area (Å²) >= 11 is 0. The molecule has 2 aliphatic heterocycles. The van der Waals surface area contributed by atoms with E-state index >= 15 is 0 Å². The molecule has 0 aromatic heterocycles. The third-order valence-corrected chi connectivity index (χ3v) is 6.10. The first-order valence-corrected chi connectivity index (χ1v) is 10.8. The molecule has 1 unspecified atom stereocenters. The van der Waals surface area contributed by atoms with Gasteiger partial charge in [0.15, 0.2) is 0 Å². The second kappa shape index (κ2) is 9.72. The molecular weight excluding hydrogens is 354 g/mol. The van der Waals surface area contributed by atoms with Crippen LogP contribution in [0.15, 0.2) is 24.3 Å². The van der Waals surface area contributed by atoms with Gasteiger partial charge in [0.2, 0.25) is 5.91 Å². The predicted octanol–water partition coefficient (Wildman–Crippen LogP) is 2.03. The summed E-state index contributed by atoms with van der Waals surface area (Å²) in [6.45, 7) is 6.91. The molecule has 0 radical (unpaired) electrons. The molecule has 154 valence electrons. The first-order valence-electron chi connectivity index (χ1n) is 10.8. The number of hydrogen-bond donors (Lipinski definition) is 1. The minimum absolute atomic E-state index is 0.233. The highest BCUT2D eigenvalue weighted by Crippen LogP contribution is 2.24. The molecule has 4 rings (SSSR count). The summed E-state index contributed by atoms with van der Waals surface area (Å²) in [4.78, 5) is 16.7. The lowest BCUT2D eigenvalue weighted by Gasteiger charge is -2.28. The van der Waals surface area contributed by atoms with Gasteiger partial charge in [-0.1, -0.05) is 12.1 Å². The molecule has 1 N–H and O–H groups in total. The fourth-order valence-corrected chi connectivity index (χ4v) is 4.40. The quantitative estimate of drug-likeness (QED) is 0.740. The van der Waals surface area contributed by atoms with E-state index in [2.05, 4.69) is 28.4 Å². The largest absolute Gasteiger partial charge is 0.490 e. The van der Waals surface area contributed by atoms with E-state index < -0.39 is 0 Å². The highest BCUT2D eigenvalue weighted by molar-refractivity contribution is 5.79. The Labute approximate surface area is 168 Å². The van der Waals surface area contributed by atoms with Crippen LogP contribution in [0.1, 0.15) is 37.7 Å². The number of rotatable bonds is 8. The Morgan fingerprint density at radius 3 is 2.79 bits per heavy atom. The van der Waals surface area contributed by atoms with Crippen molar-refractivity contribution in [1.82, 2.24) is 15.1 Å². The molecule has 0 spiro atoms. The van der Waals surface area contributed by atoms with Gasteiger partial charge in [0.1, 0.15) is 5.75 Å². The number of carbonyl (C=O) groups excluding carboxylic acids is 1. The van der Waals surface area contributed by atoms with E-state index in [4.69, 9.17) is 9.47 Å². The van der Waals surface area contributed by atoms with Gasteiger partial charge in [-0.25, -0.2) is 0 Å². The third kappa shape index (κ3) is 5.46. The first kappa shape index (κ1) is 19.7. The van der Waals surface area contributed by atoms with Crippen molar-refractivity contribution < 1.29 is 14.3 Å². The molecule has 2 heterocycles. The van der Waals surface area contributed by atoms with E-state index in [0.717, 1.165) is 58.2 Å². The summed E-state index contributed by atoms with van der Waals surface area (Å²) in [5, 5.41) is 3.57. The Bertz CT molecular complexity index is 642. The van der Waals surface area contributed by atoms with Crippen LogP contribution in [0.4, 0.5) is 0 Å². The molecule has 1 atom stereocenters. The van der Waals surface area contributed by atoms with E-state index in [1.54, 1.807) is 0 Å². The summed E-state index contributed by atoms with van der Waals surface area (Å²) in [6, 6.07) is 8.61. The van der Waals surface area contributed by atoms with Crippen molar-refractivity contribution in [3.05, 3.63) is 29.8 Å². The molecule has 28 heavy (non-hydrogen) atoms. The van der Waals surface area contributed by atoms with Crippen molar-refractivity contribution in [2.45, 2.75) is 50.8 Å². The van der Waals surface area contributed by atoms with E-state index in [9.17, 15) is 4.79 Å². The predicted molar refractivity (Wildman–Crippen MR) is 108 cm³/mol. The Morgan fingerprint density at radius 2 is 1.96 bits per heavy atom. The number of carbonyl (C=O) groups is 1. The van der Waals surface area contributed by atoms with Gasteiger partial charge in [-0.15, -0.1) is 0 Å². The van der Waals surface area contributed by atoms with E-state index in [-0.39, 0.29) is 11.9 Å². The number of benzene rings is 1. The number of nitrogens with one attached hydrogen (secondary N) is 1. The number of hydrogen-bond acceptors (Lipinski definition) is 5. The zero-order valence-corrected chi connectivity index (χ0v) is 16.8. The van der Waals surface area contributed by atoms with Crippen molar-refractivity contribution >= 4 is 5.91 Å². The fourth-order valence-electron chi connectivity index (χ4n) is 4.40. The minimum atomic E-state index is 0.233. The molecule has 1 aromatic rings. The highest BCUT2D eigenvalue weighted by atomic mass is 16.5. The highest BCUT2D eigenvalue weighted by Gasteiger charge is 2.29. The molecule has 1 aromatic carbocycles. The lowest BCUT2D eigenvalue weighted by Crippen LogP contribution is -2.42. The van der Waals surface area contributed by atoms with Crippen molar-refractivity contribution in [3.8, 4) is 5.75 Å². The van der Waals surface area contributed by atoms with Gasteiger partial charge >= 0.3 is 0 Å². The Kier molecular flexibility index (Phi) is 6.83. The van der Waals surface area contributed by atoms with Gasteiger partial charge < -0.3 is 19.7 Å². The van der Waals surface area contributed by atoms with Crippen LogP contribution in [0.2, 0.25) is 0 Å². The molecule has 6 nitrogen and oxygen atoms in total. The molecule has 2 saturated heterocycles. The SMILES string of the molecule is O=C1CC(NCc2cccc(OC3CCCC3)c2)CN1CCN1CCOCC1. The molecule has 3 fully saturated rings. The molecular formula is C22H33N3O3. The number of ether oxygens (including phenoxy) is 2. The van der Waals surface area contributed by atoms with E-state index in [1.807, 2.05) is 11.0 Å². The number of amides is 1. The smallest absolute Gasteiger partial charge is 0.224 e. The lowest BCUT2D eigenvalue weighted by atomic mass is 10.2. The zero-order chi connectivity index (χ0) is 19.2. The molecule has 3 aliphatic rings. The molecule has 6 heteroatoms. The fraction of sp³-hybridized carbons (Fsp3) is 0.682. The van der Waals surface area contributed by atoms with Crippen molar-refractivity contribution in [1.29, 1.82) is 0 Å². The number of morpholine rings is 1. The van der Waals surface area contributed by atoms with Crippen LogP contribution >= 0.6 is 0 Å². The van der Waals surface area contributed by atoms with E-state index in [1.165, 1.54) is 31.2 Å². The van der Waals surface area contributed by atoms with Crippen molar-refractivity contribution in [2.24, 2.45) is 0 Å². The van der Waals surface area contributed by atoms with Crippen LogP contribution in [0.3, 0.4) is 0 Å². The zero-order valence-electron chi connectivity index (χ0n) is 16.8. The van der Waals surface area contributed by atoms with Gasteiger partial charge in [-0.2, -0.15) is 0 Å². The monoisotopic (exact) mass is 387 g/mol. The van der Waals surface area contributed by atoms with Gasteiger partial charge in [0, 0.05) is 51.7 Å². The Hall–Kier alpha value is -1.63. The summed E-state index contributed by atoms with van der Waals surface area (Å²) in [7, 11) is 0. The Balaban J connectivity index is 1.21. The van der Waals surface area contributed by atoms with E-state index in [0.29, 0.717) is 12.5 Å². The van der Waals surface area contributed by atoms with Crippen LogP contribution in [0.25, 0.3) is 0 Å². The molecule has 0 bridgehead atoms. The lowest BCUT2D eigenvalue weighted by molar-refractivity contribution is -0.128. The maximum absolute atomic E-state index is 12.3. The Morgan fingerprint density at radius 1 is 1.14 bits per heavy atom. The van der Waals surface area contributed by atoms with Crippen LogP contribution < -0.4 is 10.1 Å². The molecule has 1 aliphatic carbocycles. The average Bonchev–Trinajstić information content (AvgIpc) is 3.35. The van der Waals surface area contributed by atoms with Crippen LogP contribution in [0.5, 0.6) is 5.75 Å². The second-order valence-corrected chi connectivity index (χ2v) is 8.25. The van der Waals surface area contributed by atoms with Crippen LogP contribution in [-0.2, 0) is 16.1 Å². The topological polar surface area (TPSA) is 54.0 Å². The van der Waals surface area contributed by atoms with Gasteiger partial charge in [-0.05, 0) is 43.4 Å². The number of likely N-dealkylation sites (tertiary alicyclic amines) is 1. The van der Waals surface area contributed by atoms with Crippen LogP contribution in [-0.4, -0.2) is 73.8 Å². The van der Waals surface area contributed by atoms with Crippen molar-refractivity contribution in [2.75, 3.05) is 45.9 Å². The average molecular weight is 388 g/mol. The maximum atomic E-state index is 12.3. The molecule has 1 saturated carbocycles. The summed E-state index contributed by atoms with van der Waals surface area (Å²) < 4.78 is 11.5. The second-order valence-electron chi connectivity index (χ2n) is 8.25. The van der Waals surface area contributed by atoms with Crippen LogP contribution in [0, 0.1) is 0 Å². The summed E-state index contributed by atoms with van der Waals surface area (Å²) in [6.07, 6.45) is 5.89. The van der Waals surface area contributed by atoms with Gasteiger partial charge in [0.25, 0.3) is 0 Å². The summed E-state index contributed by atoms with van der Waals surface area (Å²) in [5.41, 5.74) is 1.22. The van der Waals surface area contributed by atoms with Gasteiger partial charge in [0.05, 0.1) is 19.3 Å². The third-order valence-electron chi connectivity index (χ3n) is 6.10. The normalized spacial score (nSPS) is 24.2. The standard InChI is InChI=1S/C22H33N3O3/c26-22-15-19(17-25(22)9-8-24-10-12-27-13-11-24)23-16-18-4-3-7-21(14-18)28-20-5-1-2-6-20/h3-4,7,14,19-20,23H,1-2,5-6,8-13,15-17H2. The maximum Gasteiger partial charge on any atom is 0.224 e. The first-order chi connectivity index (χ1) is 13.8. The number of nitrogens with zero attached hydrogens (tertiary/aromatic N) is 2. The molecule has 1 amide bonds. The summed E-state index contributed by atoms with van der Waals surface area (Å²) in [5.74, 6) is 1.24. The van der Waals surface area contributed by atoms with Crippen molar-refractivity contribution in [3.63, 3.8) is 0 Å². The van der Waals surface area contributed by atoms with Gasteiger partial charge in [-0.3, -0.25) is 9.69 Å².